The molecule has 0 fully saturated rings. The summed E-state index contributed by atoms with van der Waals surface area (Å²) in [5, 5.41) is 4.67. The molecule has 0 aliphatic rings. The molecule has 86 valence electrons. The molecule has 0 spiro atoms. The lowest BCUT2D eigenvalue weighted by molar-refractivity contribution is 0.635. The van der Waals surface area contributed by atoms with Gasteiger partial charge in [-0.2, -0.15) is 0 Å². The number of hydrogen-bond acceptors (Lipinski definition) is 0. The third-order valence-electron chi connectivity index (χ3n) is 3.22. The topological polar surface area (TPSA) is 0 Å². The number of unbranched alkanes of at least 4 members (excludes halogenated alkanes) is 4. The summed E-state index contributed by atoms with van der Waals surface area (Å²) in [5.41, 5.74) is 0. The Morgan fingerprint density at radius 2 is 1.81 bits per heavy atom. The van der Waals surface area contributed by atoms with Crippen LogP contribution < -0.4 is 0 Å². The molecule has 16 heavy (non-hydrogen) atoms. The van der Waals surface area contributed by atoms with Crippen molar-refractivity contribution in [2.45, 2.75) is 45.4 Å². The first-order chi connectivity index (χ1) is 7.92. The van der Waals surface area contributed by atoms with Gasteiger partial charge < -0.3 is 0 Å². The van der Waals surface area contributed by atoms with E-state index < -0.39 is 0 Å². The monoisotopic (exact) mass is 232 g/mol. The van der Waals surface area contributed by atoms with Crippen molar-refractivity contribution in [2.75, 3.05) is 0 Å². The second-order valence-electron chi connectivity index (χ2n) is 4.52. The van der Waals surface area contributed by atoms with E-state index in [1.807, 2.05) is 0 Å². The van der Waals surface area contributed by atoms with Crippen molar-refractivity contribution in [3.05, 3.63) is 35.4 Å². The SMILES string of the molecule is CCCCCCCc1[pH]cc2ccccc12. The van der Waals surface area contributed by atoms with Crippen LogP contribution in [0.4, 0.5) is 0 Å². The Hall–Kier alpha value is -0.740. The maximum absolute atomic E-state index is 2.40. The molecule has 0 N–H and O–H groups in total. The van der Waals surface area contributed by atoms with E-state index in [-0.39, 0.29) is 0 Å². The predicted molar refractivity (Wildman–Crippen MR) is 75.9 cm³/mol. The van der Waals surface area contributed by atoms with Crippen LogP contribution in [0.25, 0.3) is 10.8 Å². The molecule has 1 heteroatoms. The molecule has 0 radical (unpaired) electrons. The highest BCUT2D eigenvalue weighted by Crippen LogP contribution is 2.30. The normalized spacial score (nSPS) is 11.6. The highest BCUT2D eigenvalue weighted by molar-refractivity contribution is 7.31. The summed E-state index contributed by atoms with van der Waals surface area (Å²) in [4.78, 5) is 0. The van der Waals surface area contributed by atoms with Gasteiger partial charge in [0.15, 0.2) is 0 Å². The zero-order valence-corrected chi connectivity index (χ0v) is 11.1. The van der Waals surface area contributed by atoms with Crippen LogP contribution in [0.5, 0.6) is 0 Å². The molecule has 0 aliphatic heterocycles. The second-order valence-corrected chi connectivity index (χ2v) is 5.70. The Morgan fingerprint density at radius 3 is 2.69 bits per heavy atom. The summed E-state index contributed by atoms with van der Waals surface area (Å²) in [7, 11) is 0.941. The third kappa shape index (κ3) is 2.89. The molecule has 0 aliphatic carbocycles. The summed E-state index contributed by atoms with van der Waals surface area (Å²) in [6, 6.07) is 8.84. The van der Waals surface area contributed by atoms with Gasteiger partial charge in [-0.3, -0.25) is 0 Å². The molecule has 1 heterocycles. The predicted octanol–water partition coefficient (Wildman–Crippen LogP) is 5.38. The average molecular weight is 232 g/mol. The minimum absolute atomic E-state index is 0.941. The van der Waals surface area contributed by atoms with Gasteiger partial charge in [-0.05, 0) is 34.7 Å². The van der Waals surface area contributed by atoms with E-state index in [0.29, 0.717) is 0 Å². The van der Waals surface area contributed by atoms with Gasteiger partial charge in [0.05, 0.1) is 0 Å². The van der Waals surface area contributed by atoms with Crippen LogP contribution in [0, 0.1) is 0 Å². The Balaban J connectivity index is 1.89. The van der Waals surface area contributed by atoms with E-state index in [2.05, 4.69) is 37.0 Å². The molecule has 0 saturated heterocycles. The van der Waals surface area contributed by atoms with E-state index >= 15 is 0 Å². The molecule has 1 unspecified atom stereocenters. The molecule has 1 atom stereocenters. The van der Waals surface area contributed by atoms with Crippen LogP contribution in [0.1, 0.15) is 44.3 Å². The Labute approximate surface area is 100 Å². The van der Waals surface area contributed by atoms with Gasteiger partial charge in [0.2, 0.25) is 0 Å². The van der Waals surface area contributed by atoms with Crippen LogP contribution in [0.15, 0.2) is 30.1 Å². The molecular weight excluding hydrogens is 211 g/mol. The van der Waals surface area contributed by atoms with Crippen LogP contribution >= 0.6 is 8.19 Å². The lowest BCUT2D eigenvalue weighted by atomic mass is 10.1. The van der Waals surface area contributed by atoms with E-state index in [1.165, 1.54) is 49.3 Å². The fourth-order valence-electron chi connectivity index (χ4n) is 2.25. The third-order valence-corrected chi connectivity index (χ3v) is 4.54. The first-order valence-electron chi connectivity index (χ1n) is 6.47. The lowest BCUT2D eigenvalue weighted by Gasteiger charge is -2.00. The Bertz CT molecular complexity index is 428. The zero-order chi connectivity index (χ0) is 11.2. The first kappa shape index (κ1) is 11.7. The number of aryl methyl sites for hydroxylation is 1. The maximum atomic E-state index is 2.40. The van der Waals surface area contributed by atoms with Crippen molar-refractivity contribution in [3.63, 3.8) is 0 Å². The quantitative estimate of drug-likeness (QED) is 0.586. The highest BCUT2D eigenvalue weighted by atomic mass is 31.0. The molecule has 0 amide bonds. The summed E-state index contributed by atoms with van der Waals surface area (Å²) in [5.74, 6) is 2.40. The Morgan fingerprint density at radius 1 is 1.00 bits per heavy atom. The number of benzene rings is 1. The van der Waals surface area contributed by atoms with Crippen molar-refractivity contribution in [1.82, 2.24) is 0 Å². The fourth-order valence-corrected chi connectivity index (χ4v) is 3.54. The standard InChI is InChI=1S/C15H21P/c1-2-3-4-5-6-11-15-14-10-8-7-9-13(14)12-16-15/h7-10,12,16H,2-6,11H2,1H3. The summed E-state index contributed by atoms with van der Waals surface area (Å²) >= 11 is 0. The van der Waals surface area contributed by atoms with Gasteiger partial charge >= 0.3 is 0 Å². The molecule has 2 rings (SSSR count). The van der Waals surface area contributed by atoms with E-state index in [4.69, 9.17) is 0 Å². The van der Waals surface area contributed by atoms with Gasteiger partial charge in [-0.25, -0.2) is 0 Å². The van der Waals surface area contributed by atoms with Gasteiger partial charge in [-0.15, -0.1) is 8.19 Å². The van der Waals surface area contributed by atoms with Crippen LogP contribution in [0.3, 0.4) is 0 Å². The van der Waals surface area contributed by atoms with Gasteiger partial charge in [0.1, 0.15) is 0 Å². The summed E-state index contributed by atoms with van der Waals surface area (Å²) in [6.45, 7) is 2.28. The largest absolute Gasteiger partial charge is 0.135 e. The number of fused-ring (bicyclic) bond motifs is 1. The minimum Gasteiger partial charge on any atom is -0.135 e. The molecule has 0 bridgehead atoms. The highest BCUT2D eigenvalue weighted by Gasteiger charge is 2.01. The van der Waals surface area contributed by atoms with Crippen LogP contribution in [0.2, 0.25) is 0 Å². The van der Waals surface area contributed by atoms with Crippen molar-refractivity contribution in [1.29, 1.82) is 0 Å². The van der Waals surface area contributed by atoms with E-state index in [1.54, 1.807) is 5.30 Å². The van der Waals surface area contributed by atoms with E-state index in [0.717, 1.165) is 8.19 Å². The van der Waals surface area contributed by atoms with Crippen LogP contribution in [-0.2, 0) is 6.42 Å². The molecular formula is C15H21P. The van der Waals surface area contributed by atoms with Gasteiger partial charge in [0.25, 0.3) is 0 Å². The van der Waals surface area contributed by atoms with Gasteiger partial charge in [-0.1, -0.05) is 56.9 Å². The zero-order valence-electron chi connectivity index (χ0n) is 10.1. The second kappa shape index (κ2) is 6.11. The average Bonchev–Trinajstić information content (AvgIpc) is 2.73. The molecule has 1 aromatic carbocycles. The van der Waals surface area contributed by atoms with E-state index in [9.17, 15) is 0 Å². The molecule has 0 saturated carbocycles. The fraction of sp³-hybridized carbons (Fsp3) is 0.467. The molecule has 1 aromatic heterocycles. The van der Waals surface area contributed by atoms with Crippen molar-refractivity contribution in [2.24, 2.45) is 0 Å². The maximum Gasteiger partial charge on any atom is -0.0112 e. The molecule has 0 nitrogen and oxygen atoms in total. The number of rotatable bonds is 6. The first-order valence-corrected chi connectivity index (χ1v) is 7.54. The van der Waals surface area contributed by atoms with Crippen LogP contribution in [-0.4, -0.2) is 0 Å². The summed E-state index contributed by atoms with van der Waals surface area (Å²) < 4.78 is 0. The number of hydrogen-bond donors (Lipinski definition) is 0. The van der Waals surface area contributed by atoms with Gasteiger partial charge in [0, 0.05) is 0 Å². The molecule has 2 aromatic rings. The lowest BCUT2D eigenvalue weighted by Crippen LogP contribution is -1.82. The summed E-state index contributed by atoms with van der Waals surface area (Å²) in [6.07, 6.45) is 8.26. The van der Waals surface area contributed by atoms with Crippen molar-refractivity contribution in [3.8, 4) is 0 Å². The van der Waals surface area contributed by atoms with Crippen molar-refractivity contribution >= 4 is 19.0 Å². The Kier molecular flexibility index (Phi) is 4.48. The smallest absolute Gasteiger partial charge is 0.0112 e. The van der Waals surface area contributed by atoms with Crippen molar-refractivity contribution < 1.29 is 0 Å². The minimum atomic E-state index is 0.941.